The zero-order valence-corrected chi connectivity index (χ0v) is 14.3. The van der Waals surface area contributed by atoms with Crippen LogP contribution in [0.2, 0.25) is 0 Å². The van der Waals surface area contributed by atoms with Gasteiger partial charge in [-0.3, -0.25) is 9.48 Å². The molecule has 0 atom stereocenters. The van der Waals surface area contributed by atoms with Gasteiger partial charge in [-0.15, -0.1) is 0 Å². The Morgan fingerprint density at radius 3 is 2.83 bits per heavy atom. The Hall–Kier alpha value is -2.44. The molecule has 0 bridgehead atoms. The van der Waals surface area contributed by atoms with Gasteiger partial charge in [0.05, 0.1) is 12.3 Å². The van der Waals surface area contributed by atoms with Gasteiger partial charge in [0.1, 0.15) is 6.54 Å². The Morgan fingerprint density at radius 1 is 1.25 bits per heavy atom. The fourth-order valence-electron chi connectivity index (χ4n) is 2.44. The van der Waals surface area contributed by atoms with Crippen molar-refractivity contribution in [3.8, 4) is 11.3 Å². The van der Waals surface area contributed by atoms with Crippen molar-refractivity contribution < 1.29 is 9.53 Å². The molecule has 0 saturated carbocycles. The fraction of sp³-hybridized carbons (Fsp3) is 0.222. The van der Waals surface area contributed by atoms with Crippen LogP contribution in [-0.2, 0) is 29.2 Å². The minimum absolute atomic E-state index is 0.0674. The van der Waals surface area contributed by atoms with Gasteiger partial charge in [-0.1, -0.05) is 24.3 Å². The summed E-state index contributed by atoms with van der Waals surface area (Å²) >= 11 is 1.63. The summed E-state index contributed by atoms with van der Waals surface area (Å²) in [5.74, 6) is -0.0674. The molecular weight excluding hydrogens is 322 g/mol. The van der Waals surface area contributed by atoms with Gasteiger partial charge in [-0.2, -0.15) is 16.4 Å². The normalized spacial score (nSPS) is 10.7. The predicted octanol–water partition coefficient (Wildman–Crippen LogP) is 3.07. The number of aromatic nitrogens is 2. The number of hydrogen-bond acceptors (Lipinski definition) is 4. The van der Waals surface area contributed by atoms with Crippen LogP contribution in [0.4, 0.5) is 0 Å². The second kappa shape index (κ2) is 7.90. The number of ether oxygens (including phenoxy) is 1. The molecule has 0 aliphatic rings. The molecule has 5 nitrogen and oxygen atoms in total. The van der Waals surface area contributed by atoms with Gasteiger partial charge in [-0.05, 0) is 28.6 Å². The maximum absolute atomic E-state index is 12.1. The zero-order valence-electron chi connectivity index (χ0n) is 13.4. The van der Waals surface area contributed by atoms with Crippen molar-refractivity contribution in [1.29, 1.82) is 0 Å². The average molecular weight is 341 g/mol. The highest BCUT2D eigenvalue weighted by atomic mass is 32.1. The standard InChI is InChI=1S/C18H19N3O2S/c1-23-12-15-5-3-2-4-14(15)10-19-18(22)11-21-8-6-17(20-21)16-7-9-24-13-16/h2-9,13H,10-12H2,1H3,(H,19,22). The van der Waals surface area contributed by atoms with Crippen molar-refractivity contribution >= 4 is 17.2 Å². The molecule has 3 aromatic rings. The molecule has 1 amide bonds. The van der Waals surface area contributed by atoms with Crippen molar-refractivity contribution in [2.45, 2.75) is 19.7 Å². The average Bonchev–Trinajstić information content (AvgIpc) is 3.25. The number of nitrogens with zero attached hydrogens (tertiary/aromatic N) is 2. The van der Waals surface area contributed by atoms with Crippen molar-refractivity contribution in [3.05, 3.63) is 64.5 Å². The molecule has 2 heterocycles. The van der Waals surface area contributed by atoms with Crippen LogP contribution in [0, 0.1) is 0 Å². The van der Waals surface area contributed by atoms with Crippen LogP contribution in [0.5, 0.6) is 0 Å². The van der Waals surface area contributed by atoms with Crippen LogP contribution in [0.15, 0.2) is 53.4 Å². The zero-order chi connectivity index (χ0) is 16.8. The van der Waals surface area contributed by atoms with E-state index >= 15 is 0 Å². The smallest absolute Gasteiger partial charge is 0.241 e. The Labute approximate surface area is 144 Å². The Balaban J connectivity index is 1.57. The molecule has 1 aromatic carbocycles. The topological polar surface area (TPSA) is 56.1 Å². The van der Waals surface area contributed by atoms with Crippen LogP contribution in [0.1, 0.15) is 11.1 Å². The number of thiophene rings is 1. The van der Waals surface area contributed by atoms with Crippen molar-refractivity contribution in [3.63, 3.8) is 0 Å². The van der Waals surface area contributed by atoms with Crippen molar-refractivity contribution in [2.24, 2.45) is 0 Å². The number of amides is 1. The molecule has 0 fully saturated rings. The second-order valence-corrected chi connectivity index (χ2v) is 6.17. The quantitative estimate of drug-likeness (QED) is 0.718. The Kier molecular flexibility index (Phi) is 5.40. The van der Waals surface area contributed by atoms with Gasteiger partial charge in [0.15, 0.2) is 0 Å². The third-order valence-electron chi connectivity index (χ3n) is 3.66. The molecule has 0 aliphatic carbocycles. The summed E-state index contributed by atoms with van der Waals surface area (Å²) in [6.07, 6.45) is 1.82. The van der Waals surface area contributed by atoms with Gasteiger partial charge in [-0.25, -0.2) is 0 Å². The fourth-order valence-corrected chi connectivity index (χ4v) is 3.09. The van der Waals surface area contributed by atoms with Gasteiger partial charge >= 0.3 is 0 Å². The summed E-state index contributed by atoms with van der Waals surface area (Å²) in [7, 11) is 1.66. The summed E-state index contributed by atoms with van der Waals surface area (Å²) in [6, 6.07) is 11.9. The lowest BCUT2D eigenvalue weighted by Crippen LogP contribution is -2.27. The maximum atomic E-state index is 12.1. The first-order chi connectivity index (χ1) is 11.8. The van der Waals surface area contributed by atoms with E-state index in [-0.39, 0.29) is 12.5 Å². The Morgan fingerprint density at radius 2 is 2.08 bits per heavy atom. The third kappa shape index (κ3) is 4.10. The molecule has 2 aromatic heterocycles. The van der Waals surface area contributed by atoms with E-state index < -0.39 is 0 Å². The summed E-state index contributed by atoms with van der Waals surface area (Å²) in [5, 5.41) is 11.4. The summed E-state index contributed by atoms with van der Waals surface area (Å²) in [6.45, 7) is 1.23. The molecule has 0 aliphatic heterocycles. The number of nitrogens with one attached hydrogen (secondary N) is 1. The number of methoxy groups -OCH3 is 1. The lowest BCUT2D eigenvalue weighted by atomic mass is 10.1. The minimum Gasteiger partial charge on any atom is -0.380 e. The highest BCUT2D eigenvalue weighted by molar-refractivity contribution is 7.08. The first kappa shape index (κ1) is 16.4. The van der Waals surface area contributed by atoms with E-state index in [1.807, 2.05) is 53.4 Å². The SMILES string of the molecule is COCc1ccccc1CNC(=O)Cn1ccc(-c2ccsc2)n1. The number of rotatable bonds is 7. The number of carbonyl (C=O) groups is 1. The number of hydrogen-bond donors (Lipinski definition) is 1. The monoisotopic (exact) mass is 341 g/mol. The van der Waals surface area contributed by atoms with E-state index in [1.165, 1.54) is 0 Å². The number of benzene rings is 1. The van der Waals surface area contributed by atoms with Crippen LogP contribution < -0.4 is 5.32 Å². The molecular formula is C18H19N3O2S. The van der Waals surface area contributed by atoms with Crippen LogP contribution in [-0.4, -0.2) is 22.8 Å². The summed E-state index contributed by atoms with van der Waals surface area (Å²) in [4.78, 5) is 12.1. The molecule has 1 N–H and O–H groups in total. The summed E-state index contributed by atoms with van der Waals surface area (Å²) in [5.41, 5.74) is 4.11. The highest BCUT2D eigenvalue weighted by Gasteiger charge is 2.08. The largest absolute Gasteiger partial charge is 0.380 e. The van der Waals surface area contributed by atoms with E-state index in [1.54, 1.807) is 23.1 Å². The lowest BCUT2D eigenvalue weighted by molar-refractivity contribution is -0.122. The molecule has 124 valence electrons. The third-order valence-corrected chi connectivity index (χ3v) is 4.34. The van der Waals surface area contributed by atoms with Gasteiger partial charge in [0.2, 0.25) is 5.91 Å². The molecule has 6 heteroatoms. The first-order valence-corrected chi connectivity index (χ1v) is 8.59. The van der Waals surface area contributed by atoms with Crippen LogP contribution in [0.3, 0.4) is 0 Å². The van der Waals surface area contributed by atoms with E-state index in [9.17, 15) is 4.79 Å². The van der Waals surface area contributed by atoms with Gasteiger partial charge in [0.25, 0.3) is 0 Å². The molecule has 0 saturated heterocycles. The predicted molar refractivity (Wildman–Crippen MR) is 94.5 cm³/mol. The van der Waals surface area contributed by atoms with E-state index in [0.29, 0.717) is 13.2 Å². The first-order valence-electron chi connectivity index (χ1n) is 7.64. The molecule has 0 spiro atoms. The van der Waals surface area contributed by atoms with Crippen molar-refractivity contribution in [2.75, 3.05) is 7.11 Å². The molecule has 0 radical (unpaired) electrons. The number of carbonyl (C=O) groups excluding carboxylic acids is 1. The summed E-state index contributed by atoms with van der Waals surface area (Å²) < 4.78 is 6.84. The van der Waals surface area contributed by atoms with E-state index in [2.05, 4.69) is 10.4 Å². The van der Waals surface area contributed by atoms with Gasteiger partial charge < -0.3 is 10.1 Å². The highest BCUT2D eigenvalue weighted by Crippen LogP contribution is 2.19. The van der Waals surface area contributed by atoms with Gasteiger partial charge in [0, 0.05) is 30.8 Å². The van der Waals surface area contributed by atoms with Crippen LogP contribution in [0.25, 0.3) is 11.3 Å². The molecule has 3 rings (SSSR count). The lowest BCUT2D eigenvalue weighted by Gasteiger charge is -2.10. The van der Waals surface area contributed by atoms with E-state index in [4.69, 9.17) is 4.74 Å². The maximum Gasteiger partial charge on any atom is 0.241 e. The minimum atomic E-state index is -0.0674. The molecule has 24 heavy (non-hydrogen) atoms. The van der Waals surface area contributed by atoms with E-state index in [0.717, 1.165) is 22.4 Å². The van der Waals surface area contributed by atoms with Crippen LogP contribution >= 0.6 is 11.3 Å². The molecule has 0 unspecified atom stereocenters. The second-order valence-electron chi connectivity index (χ2n) is 5.39. The Bertz CT molecular complexity index is 796. The van der Waals surface area contributed by atoms with Crippen molar-refractivity contribution in [1.82, 2.24) is 15.1 Å².